The second-order valence-corrected chi connectivity index (χ2v) is 6.70. The van der Waals surface area contributed by atoms with E-state index in [0.29, 0.717) is 18.5 Å². The maximum atomic E-state index is 12.9. The number of nitrogens with zero attached hydrogens (tertiary/aromatic N) is 3. The molecule has 2 aromatic rings. The highest BCUT2D eigenvalue weighted by Gasteiger charge is 2.34. The molecule has 2 heterocycles. The molecule has 2 atom stereocenters. The quantitative estimate of drug-likeness (QED) is 0.909. The van der Waals surface area contributed by atoms with E-state index in [1.165, 1.54) is 0 Å². The normalized spacial score (nSPS) is 20.0. The number of benzene rings is 1. The van der Waals surface area contributed by atoms with Crippen molar-refractivity contribution < 1.29 is 19.4 Å². The van der Waals surface area contributed by atoms with E-state index in [1.807, 2.05) is 38.1 Å². The van der Waals surface area contributed by atoms with Gasteiger partial charge < -0.3 is 14.7 Å². The Morgan fingerprint density at radius 2 is 1.92 bits per heavy atom. The molecule has 0 bridgehead atoms. The van der Waals surface area contributed by atoms with Gasteiger partial charge in [-0.2, -0.15) is 5.10 Å². The van der Waals surface area contributed by atoms with E-state index < -0.39 is 11.9 Å². The molecule has 1 aromatic carbocycles. The molecule has 1 saturated heterocycles. The molecule has 2 unspecified atom stereocenters. The van der Waals surface area contributed by atoms with Crippen LogP contribution in [0.4, 0.5) is 0 Å². The number of methoxy groups -OCH3 is 1. The Morgan fingerprint density at radius 1 is 1.23 bits per heavy atom. The third-order valence-electron chi connectivity index (χ3n) is 4.92. The van der Waals surface area contributed by atoms with Crippen LogP contribution in [0.2, 0.25) is 0 Å². The van der Waals surface area contributed by atoms with Crippen LogP contribution in [0.15, 0.2) is 30.3 Å². The van der Waals surface area contributed by atoms with E-state index in [1.54, 1.807) is 22.8 Å². The molecule has 0 radical (unpaired) electrons. The summed E-state index contributed by atoms with van der Waals surface area (Å²) in [5.74, 6) is -0.843. The van der Waals surface area contributed by atoms with Gasteiger partial charge in [-0.05, 0) is 57.0 Å². The molecular weight excluding hydrogens is 334 g/mol. The van der Waals surface area contributed by atoms with Gasteiger partial charge in [-0.1, -0.05) is 0 Å². The number of carbonyl (C=O) groups is 2. The molecule has 7 heteroatoms. The van der Waals surface area contributed by atoms with Crippen molar-refractivity contribution >= 4 is 11.9 Å². The molecular formula is C19H23N3O4. The number of carbonyl (C=O) groups excluding carboxylic acids is 1. The maximum Gasteiger partial charge on any atom is 0.308 e. The molecule has 1 amide bonds. The number of likely N-dealkylation sites (tertiary alicyclic amines) is 1. The Hall–Kier alpha value is -2.83. The van der Waals surface area contributed by atoms with Crippen LogP contribution in [0.1, 0.15) is 35.9 Å². The zero-order chi connectivity index (χ0) is 18.8. The maximum absolute atomic E-state index is 12.9. The number of piperidine rings is 1. The Kier molecular flexibility index (Phi) is 4.97. The van der Waals surface area contributed by atoms with Crippen molar-refractivity contribution in [2.75, 3.05) is 13.7 Å². The predicted octanol–water partition coefficient (Wildman–Crippen LogP) is 2.51. The monoisotopic (exact) mass is 357 g/mol. The summed E-state index contributed by atoms with van der Waals surface area (Å²) in [6, 6.07) is 9.16. The molecule has 1 fully saturated rings. The van der Waals surface area contributed by atoms with Gasteiger partial charge in [0.25, 0.3) is 5.91 Å². The first kappa shape index (κ1) is 18.0. The zero-order valence-corrected chi connectivity index (χ0v) is 15.2. The minimum Gasteiger partial charge on any atom is -0.497 e. The molecule has 1 aliphatic heterocycles. The fourth-order valence-electron chi connectivity index (χ4n) is 3.30. The van der Waals surface area contributed by atoms with Crippen LogP contribution in [0.5, 0.6) is 5.75 Å². The number of ether oxygens (including phenoxy) is 1. The smallest absolute Gasteiger partial charge is 0.308 e. The molecule has 0 aliphatic carbocycles. The number of rotatable bonds is 4. The van der Waals surface area contributed by atoms with Crippen molar-refractivity contribution in [2.24, 2.45) is 5.92 Å². The summed E-state index contributed by atoms with van der Waals surface area (Å²) in [5, 5.41) is 13.7. The van der Waals surface area contributed by atoms with Crippen LogP contribution in [-0.4, -0.2) is 51.4 Å². The molecule has 0 spiro atoms. The largest absolute Gasteiger partial charge is 0.497 e. The van der Waals surface area contributed by atoms with Crippen molar-refractivity contribution in [3.05, 3.63) is 41.7 Å². The summed E-state index contributed by atoms with van der Waals surface area (Å²) < 4.78 is 6.87. The zero-order valence-electron chi connectivity index (χ0n) is 15.2. The minimum atomic E-state index is -0.852. The van der Waals surface area contributed by atoms with Crippen LogP contribution < -0.4 is 4.74 Å². The van der Waals surface area contributed by atoms with Gasteiger partial charge in [0.1, 0.15) is 5.75 Å². The lowest BCUT2D eigenvalue weighted by atomic mass is 9.93. The second kappa shape index (κ2) is 7.19. The Labute approximate surface area is 152 Å². The van der Waals surface area contributed by atoms with Crippen LogP contribution in [0.25, 0.3) is 5.69 Å². The van der Waals surface area contributed by atoms with Gasteiger partial charge in [0.15, 0.2) is 5.69 Å². The summed E-state index contributed by atoms with van der Waals surface area (Å²) in [6.07, 6.45) is 1.28. The van der Waals surface area contributed by atoms with E-state index >= 15 is 0 Å². The molecule has 138 valence electrons. The number of aliphatic carboxylic acids is 1. The standard InChI is InChI=1S/C19H23N3O4/c1-12-4-5-14(19(24)25)11-21(12)18(23)17-10-13(2)22(20-17)15-6-8-16(26-3)9-7-15/h6-10,12,14H,4-5,11H2,1-3H3,(H,24,25). The van der Waals surface area contributed by atoms with E-state index in [4.69, 9.17) is 4.74 Å². The predicted molar refractivity (Wildman–Crippen MR) is 95.7 cm³/mol. The van der Waals surface area contributed by atoms with Crippen LogP contribution in [0.3, 0.4) is 0 Å². The lowest BCUT2D eigenvalue weighted by Crippen LogP contribution is -2.47. The van der Waals surface area contributed by atoms with E-state index in [0.717, 1.165) is 17.1 Å². The van der Waals surface area contributed by atoms with Crippen LogP contribution in [-0.2, 0) is 4.79 Å². The van der Waals surface area contributed by atoms with Gasteiger partial charge in [-0.25, -0.2) is 4.68 Å². The molecule has 1 aromatic heterocycles. The van der Waals surface area contributed by atoms with Crippen molar-refractivity contribution in [1.82, 2.24) is 14.7 Å². The summed E-state index contributed by atoms with van der Waals surface area (Å²) in [6.45, 7) is 4.06. The number of carboxylic acid groups (broad SMARTS) is 1. The van der Waals surface area contributed by atoms with Crippen molar-refractivity contribution in [1.29, 1.82) is 0 Å². The SMILES string of the molecule is COc1ccc(-n2nc(C(=O)N3CC(C(=O)O)CCC3C)cc2C)cc1. The minimum absolute atomic E-state index is 0.00421. The molecule has 1 aliphatic rings. The molecule has 26 heavy (non-hydrogen) atoms. The number of aryl methyl sites for hydroxylation is 1. The summed E-state index contributed by atoms with van der Waals surface area (Å²) in [5.41, 5.74) is 1.99. The van der Waals surface area contributed by atoms with Gasteiger partial charge in [0.05, 0.1) is 18.7 Å². The van der Waals surface area contributed by atoms with E-state index in [2.05, 4.69) is 5.10 Å². The third-order valence-corrected chi connectivity index (χ3v) is 4.92. The van der Waals surface area contributed by atoms with Gasteiger partial charge in [0, 0.05) is 18.3 Å². The highest BCUT2D eigenvalue weighted by Crippen LogP contribution is 2.24. The van der Waals surface area contributed by atoms with Crippen LogP contribution in [0, 0.1) is 12.8 Å². The van der Waals surface area contributed by atoms with Crippen molar-refractivity contribution in [3.8, 4) is 11.4 Å². The van der Waals surface area contributed by atoms with Gasteiger partial charge >= 0.3 is 5.97 Å². The van der Waals surface area contributed by atoms with Gasteiger partial charge in [-0.15, -0.1) is 0 Å². The van der Waals surface area contributed by atoms with E-state index in [9.17, 15) is 14.7 Å². The highest BCUT2D eigenvalue weighted by atomic mass is 16.5. The average molecular weight is 357 g/mol. The van der Waals surface area contributed by atoms with Gasteiger partial charge in [-0.3, -0.25) is 9.59 Å². The Bertz CT molecular complexity index is 813. The molecule has 1 N–H and O–H groups in total. The first-order chi connectivity index (χ1) is 12.4. The van der Waals surface area contributed by atoms with Crippen LogP contribution >= 0.6 is 0 Å². The number of hydrogen-bond acceptors (Lipinski definition) is 4. The number of amides is 1. The van der Waals surface area contributed by atoms with Gasteiger partial charge in [0.2, 0.25) is 0 Å². The third kappa shape index (κ3) is 3.42. The topological polar surface area (TPSA) is 84.7 Å². The number of aromatic nitrogens is 2. The molecule has 0 saturated carbocycles. The molecule has 3 rings (SSSR count). The first-order valence-corrected chi connectivity index (χ1v) is 8.65. The summed E-state index contributed by atoms with van der Waals surface area (Å²) in [7, 11) is 1.61. The lowest BCUT2D eigenvalue weighted by Gasteiger charge is -2.36. The highest BCUT2D eigenvalue weighted by molar-refractivity contribution is 5.93. The Morgan fingerprint density at radius 3 is 2.54 bits per heavy atom. The fraction of sp³-hybridized carbons (Fsp3) is 0.421. The fourth-order valence-corrected chi connectivity index (χ4v) is 3.30. The second-order valence-electron chi connectivity index (χ2n) is 6.70. The summed E-state index contributed by atoms with van der Waals surface area (Å²) >= 11 is 0. The van der Waals surface area contributed by atoms with Crippen molar-refractivity contribution in [2.45, 2.75) is 32.7 Å². The number of carboxylic acids is 1. The molecule has 7 nitrogen and oxygen atoms in total. The van der Waals surface area contributed by atoms with Crippen molar-refractivity contribution in [3.63, 3.8) is 0 Å². The first-order valence-electron chi connectivity index (χ1n) is 8.65. The average Bonchev–Trinajstić information content (AvgIpc) is 3.03. The number of hydrogen-bond donors (Lipinski definition) is 1. The van der Waals surface area contributed by atoms with E-state index in [-0.39, 0.29) is 18.5 Å². The summed E-state index contributed by atoms with van der Waals surface area (Å²) in [4.78, 5) is 25.8. The Balaban J connectivity index is 1.85. The lowest BCUT2D eigenvalue weighted by molar-refractivity contribution is -0.143.